The number of benzene rings is 1. The Morgan fingerprint density at radius 2 is 2.05 bits per heavy atom. The van der Waals surface area contributed by atoms with Gasteiger partial charge in [-0.2, -0.15) is 5.10 Å². The number of nitrogens with one attached hydrogen (secondary N) is 2. The van der Waals surface area contributed by atoms with Gasteiger partial charge in [-0.3, -0.25) is 9.89 Å². The summed E-state index contributed by atoms with van der Waals surface area (Å²) >= 11 is 1.10. The summed E-state index contributed by atoms with van der Waals surface area (Å²) in [4.78, 5) is 23.2. The topological polar surface area (TPSA) is 104 Å². The third kappa shape index (κ3) is 2.70. The molecular formula is C13H9N3O4S. The maximum absolute atomic E-state index is 12.1. The van der Waals surface area contributed by atoms with Crippen molar-refractivity contribution in [1.82, 2.24) is 10.2 Å². The second kappa shape index (κ2) is 5.25. The highest BCUT2D eigenvalue weighted by Gasteiger charge is 2.15. The van der Waals surface area contributed by atoms with E-state index in [9.17, 15) is 9.59 Å². The normalized spacial score (nSPS) is 10.5. The second-order valence-electron chi connectivity index (χ2n) is 4.07. The van der Waals surface area contributed by atoms with Crippen molar-refractivity contribution >= 4 is 39.4 Å². The summed E-state index contributed by atoms with van der Waals surface area (Å²) in [6.07, 6.45) is -1.39. The van der Waals surface area contributed by atoms with E-state index in [4.69, 9.17) is 5.11 Å². The molecule has 1 amide bonds. The van der Waals surface area contributed by atoms with Gasteiger partial charge in [-0.05, 0) is 12.1 Å². The van der Waals surface area contributed by atoms with Crippen LogP contribution in [0.3, 0.4) is 0 Å². The van der Waals surface area contributed by atoms with E-state index < -0.39 is 6.16 Å². The van der Waals surface area contributed by atoms with Gasteiger partial charge in [-0.25, -0.2) is 4.79 Å². The second-order valence-corrected chi connectivity index (χ2v) is 5.08. The van der Waals surface area contributed by atoms with E-state index in [0.717, 1.165) is 11.3 Å². The number of aromatic nitrogens is 2. The molecular weight excluding hydrogens is 294 g/mol. The van der Waals surface area contributed by atoms with Gasteiger partial charge in [0.1, 0.15) is 4.83 Å². The molecule has 106 valence electrons. The van der Waals surface area contributed by atoms with Gasteiger partial charge in [0.2, 0.25) is 0 Å². The monoisotopic (exact) mass is 303 g/mol. The standard InChI is InChI=1S/C13H9N3O4S/c17-11(7-4-2-1-3-5-7)14-10-8-6-9(20-13(18)19)21-12(8)16-15-10/h1-6H,(H,18,19)(H2,14,15,16,17). The highest BCUT2D eigenvalue weighted by Crippen LogP contribution is 2.34. The largest absolute Gasteiger partial charge is 0.512 e. The van der Waals surface area contributed by atoms with Gasteiger partial charge in [0.25, 0.3) is 5.91 Å². The molecule has 2 aromatic heterocycles. The number of amides is 1. The number of hydrogen-bond acceptors (Lipinski definition) is 5. The van der Waals surface area contributed by atoms with Crippen molar-refractivity contribution in [1.29, 1.82) is 0 Å². The number of carbonyl (C=O) groups excluding carboxylic acids is 1. The first-order valence-electron chi connectivity index (χ1n) is 5.88. The minimum absolute atomic E-state index is 0.210. The molecule has 0 saturated heterocycles. The third-order valence-corrected chi connectivity index (χ3v) is 3.61. The highest BCUT2D eigenvalue weighted by atomic mass is 32.1. The zero-order valence-corrected chi connectivity index (χ0v) is 11.3. The van der Waals surface area contributed by atoms with Gasteiger partial charge < -0.3 is 15.2 Å². The Morgan fingerprint density at radius 3 is 2.76 bits per heavy atom. The number of aromatic amines is 1. The molecule has 0 unspecified atom stereocenters. The Hall–Kier alpha value is -2.87. The number of fused-ring (bicyclic) bond motifs is 1. The van der Waals surface area contributed by atoms with E-state index in [1.807, 2.05) is 6.07 Å². The SMILES string of the molecule is O=C(O)Oc1cc2c(NC(=O)c3ccccc3)n[nH]c2s1. The molecule has 0 saturated carbocycles. The minimum atomic E-state index is -1.39. The van der Waals surface area contributed by atoms with E-state index in [1.54, 1.807) is 24.3 Å². The number of carbonyl (C=O) groups is 2. The van der Waals surface area contributed by atoms with Crippen molar-refractivity contribution in [2.75, 3.05) is 5.32 Å². The van der Waals surface area contributed by atoms with Crippen LogP contribution in [0.25, 0.3) is 10.2 Å². The predicted molar refractivity (Wildman–Crippen MR) is 77.0 cm³/mol. The number of hydrogen-bond donors (Lipinski definition) is 3. The van der Waals surface area contributed by atoms with Crippen molar-refractivity contribution in [2.24, 2.45) is 0 Å². The fraction of sp³-hybridized carbons (Fsp3) is 0. The van der Waals surface area contributed by atoms with Crippen LogP contribution in [0, 0.1) is 0 Å². The third-order valence-electron chi connectivity index (χ3n) is 2.69. The first-order chi connectivity index (χ1) is 10.1. The van der Waals surface area contributed by atoms with Crippen molar-refractivity contribution in [3.63, 3.8) is 0 Å². The van der Waals surface area contributed by atoms with Crippen LogP contribution >= 0.6 is 11.3 Å². The van der Waals surface area contributed by atoms with Crippen molar-refractivity contribution in [3.05, 3.63) is 42.0 Å². The zero-order chi connectivity index (χ0) is 14.8. The van der Waals surface area contributed by atoms with Crippen molar-refractivity contribution in [3.8, 4) is 5.06 Å². The number of ether oxygens (including phenoxy) is 1. The number of H-pyrrole nitrogens is 1. The maximum Gasteiger partial charge on any atom is 0.512 e. The average Bonchev–Trinajstić information content (AvgIpc) is 3.00. The zero-order valence-electron chi connectivity index (χ0n) is 10.5. The molecule has 0 aliphatic rings. The lowest BCUT2D eigenvalue weighted by Gasteiger charge is -2.01. The molecule has 3 rings (SSSR count). The van der Waals surface area contributed by atoms with Gasteiger partial charge in [-0.1, -0.05) is 29.5 Å². The van der Waals surface area contributed by atoms with E-state index in [0.29, 0.717) is 21.6 Å². The van der Waals surface area contributed by atoms with E-state index in [2.05, 4.69) is 20.3 Å². The van der Waals surface area contributed by atoms with E-state index in [-0.39, 0.29) is 11.0 Å². The summed E-state index contributed by atoms with van der Waals surface area (Å²) in [7, 11) is 0. The van der Waals surface area contributed by atoms with Crippen LogP contribution in [-0.4, -0.2) is 27.4 Å². The Morgan fingerprint density at radius 1 is 1.29 bits per heavy atom. The molecule has 2 heterocycles. The molecule has 0 radical (unpaired) electrons. The summed E-state index contributed by atoms with van der Waals surface area (Å²) in [6.45, 7) is 0. The summed E-state index contributed by atoms with van der Waals surface area (Å²) in [5.41, 5.74) is 0.505. The van der Waals surface area contributed by atoms with Gasteiger partial charge in [0.15, 0.2) is 10.9 Å². The highest BCUT2D eigenvalue weighted by molar-refractivity contribution is 7.20. The molecule has 0 aliphatic heterocycles. The Bertz CT molecular complexity index is 809. The Balaban J connectivity index is 1.85. The van der Waals surface area contributed by atoms with Crippen LogP contribution in [-0.2, 0) is 0 Å². The molecule has 0 bridgehead atoms. The first-order valence-corrected chi connectivity index (χ1v) is 6.70. The number of thiophene rings is 1. The van der Waals surface area contributed by atoms with Gasteiger partial charge in [0, 0.05) is 11.6 Å². The predicted octanol–water partition coefficient (Wildman–Crippen LogP) is 2.93. The summed E-state index contributed by atoms with van der Waals surface area (Å²) in [6, 6.07) is 10.2. The quantitative estimate of drug-likeness (QED) is 0.645. The lowest BCUT2D eigenvalue weighted by molar-refractivity contribution is 0.102. The Kier molecular flexibility index (Phi) is 3.28. The molecule has 0 spiro atoms. The first kappa shape index (κ1) is 13.1. The van der Waals surface area contributed by atoms with Crippen molar-refractivity contribution < 1.29 is 19.4 Å². The van der Waals surface area contributed by atoms with Crippen LogP contribution in [0.2, 0.25) is 0 Å². The molecule has 0 fully saturated rings. The van der Waals surface area contributed by atoms with Gasteiger partial charge >= 0.3 is 6.16 Å². The van der Waals surface area contributed by atoms with Crippen molar-refractivity contribution in [2.45, 2.75) is 0 Å². The molecule has 8 heteroatoms. The molecule has 7 nitrogen and oxygen atoms in total. The fourth-order valence-electron chi connectivity index (χ4n) is 1.80. The maximum atomic E-state index is 12.1. The molecule has 3 aromatic rings. The summed E-state index contributed by atoms with van der Waals surface area (Å²) < 4.78 is 4.58. The lowest BCUT2D eigenvalue weighted by atomic mass is 10.2. The number of rotatable bonds is 3. The molecule has 0 aliphatic carbocycles. The van der Waals surface area contributed by atoms with Crippen LogP contribution in [0.5, 0.6) is 5.06 Å². The number of anilines is 1. The fourth-order valence-corrected chi connectivity index (χ4v) is 2.64. The number of carboxylic acid groups (broad SMARTS) is 1. The molecule has 3 N–H and O–H groups in total. The van der Waals surface area contributed by atoms with Crippen LogP contribution < -0.4 is 10.1 Å². The smallest absolute Gasteiger partial charge is 0.449 e. The van der Waals surface area contributed by atoms with Crippen LogP contribution in [0.15, 0.2) is 36.4 Å². The lowest BCUT2D eigenvalue weighted by Crippen LogP contribution is -2.12. The minimum Gasteiger partial charge on any atom is -0.449 e. The van der Waals surface area contributed by atoms with Crippen LogP contribution in [0.4, 0.5) is 10.6 Å². The molecule has 0 atom stereocenters. The number of nitrogens with zero attached hydrogens (tertiary/aromatic N) is 1. The average molecular weight is 303 g/mol. The summed E-state index contributed by atoms with van der Waals surface area (Å²) in [5, 5.41) is 18.8. The van der Waals surface area contributed by atoms with Gasteiger partial charge in [-0.15, -0.1) is 0 Å². The molecule has 21 heavy (non-hydrogen) atoms. The Labute approximate surface area is 122 Å². The van der Waals surface area contributed by atoms with Crippen LogP contribution in [0.1, 0.15) is 10.4 Å². The van der Waals surface area contributed by atoms with E-state index in [1.165, 1.54) is 6.07 Å². The van der Waals surface area contributed by atoms with E-state index >= 15 is 0 Å². The van der Waals surface area contributed by atoms with Gasteiger partial charge in [0.05, 0.1) is 5.39 Å². The molecule has 1 aromatic carbocycles. The summed E-state index contributed by atoms with van der Waals surface area (Å²) in [5.74, 6) is 0.0336.